The Morgan fingerprint density at radius 2 is 1.88 bits per heavy atom. The molecule has 1 N–H and O–H groups in total. The van der Waals surface area contributed by atoms with E-state index in [1.807, 2.05) is 18.2 Å². The molecule has 7 nitrogen and oxygen atoms in total. The number of amides is 1. The fourth-order valence-corrected chi connectivity index (χ4v) is 2.72. The standard InChI is InChI=1S/C18H19N3O4.ClH/c22-18(20-11-4-9-19-10-12-20)16-13-14(21(23)24)7-8-17(16)25-15-5-2-1-3-6-15;/h1-3,5-8,13,19H,4,9-12H2;1H. The number of non-ortho nitro benzene ring substituents is 1. The number of carbonyl (C=O) groups excluding carboxylic acids is 1. The van der Waals surface area contributed by atoms with Crippen LogP contribution in [0.2, 0.25) is 0 Å². The van der Waals surface area contributed by atoms with Gasteiger partial charge in [-0.25, -0.2) is 0 Å². The Labute approximate surface area is 157 Å². The van der Waals surface area contributed by atoms with Crippen LogP contribution in [-0.4, -0.2) is 41.9 Å². The highest BCUT2D eigenvalue weighted by Crippen LogP contribution is 2.29. The average Bonchev–Trinajstić information content (AvgIpc) is 2.91. The molecular weight excluding hydrogens is 358 g/mol. The number of halogens is 1. The van der Waals surface area contributed by atoms with Crippen LogP contribution in [0.4, 0.5) is 5.69 Å². The molecule has 3 rings (SSSR count). The predicted molar refractivity (Wildman–Crippen MR) is 100 cm³/mol. The summed E-state index contributed by atoms with van der Waals surface area (Å²) in [5.74, 6) is 0.639. The van der Waals surface area contributed by atoms with Crippen LogP contribution in [0.15, 0.2) is 48.5 Å². The molecule has 0 atom stereocenters. The van der Waals surface area contributed by atoms with Crippen LogP contribution in [0.25, 0.3) is 0 Å². The van der Waals surface area contributed by atoms with Crippen LogP contribution >= 0.6 is 12.4 Å². The van der Waals surface area contributed by atoms with Gasteiger partial charge in [0.1, 0.15) is 11.5 Å². The first-order chi connectivity index (χ1) is 12.1. The Kier molecular flexibility index (Phi) is 6.94. The second-order valence-corrected chi connectivity index (χ2v) is 5.75. The molecule has 0 saturated carbocycles. The highest BCUT2D eigenvalue weighted by atomic mass is 35.5. The van der Waals surface area contributed by atoms with Gasteiger partial charge in [-0.1, -0.05) is 18.2 Å². The van der Waals surface area contributed by atoms with Crippen LogP contribution in [0.3, 0.4) is 0 Å². The Bertz CT molecular complexity index is 762. The van der Waals surface area contributed by atoms with Crippen LogP contribution in [0.5, 0.6) is 11.5 Å². The summed E-state index contributed by atoms with van der Waals surface area (Å²) in [6.07, 6.45) is 0.843. The molecule has 0 spiro atoms. The van der Waals surface area contributed by atoms with E-state index in [-0.39, 0.29) is 29.6 Å². The normalized spacial score (nSPS) is 14.1. The van der Waals surface area contributed by atoms with Crippen LogP contribution in [0, 0.1) is 10.1 Å². The quantitative estimate of drug-likeness (QED) is 0.653. The van der Waals surface area contributed by atoms with E-state index in [1.165, 1.54) is 18.2 Å². The summed E-state index contributed by atoms with van der Waals surface area (Å²) in [7, 11) is 0. The molecule has 8 heteroatoms. The second kappa shape index (κ2) is 9.17. The number of nitrogens with one attached hydrogen (secondary N) is 1. The summed E-state index contributed by atoms with van der Waals surface area (Å²) < 4.78 is 5.80. The van der Waals surface area contributed by atoms with Gasteiger partial charge < -0.3 is 15.0 Å². The van der Waals surface area contributed by atoms with Crippen molar-refractivity contribution in [3.05, 3.63) is 64.2 Å². The Balaban J connectivity index is 0.00000243. The summed E-state index contributed by atoms with van der Waals surface area (Å²) in [6.45, 7) is 2.73. The van der Waals surface area contributed by atoms with Crippen LogP contribution in [-0.2, 0) is 0 Å². The van der Waals surface area contributed by atoms with Gasteiger partial charge in [-0.15, -0.1) is 12.4 Å². The molecule has 2 aromatic rings. The number of benzene rings is 2. The van der Waals surface area contributed by atoms with Crippen LogP contribution < -0.4 is 10.1 Å². The number of para-hydroxylation sites is 1. The smallest absolute Gasteiger partial charge is 0.270 e. The first-order valence-corrected chi connectivity index (χ1v) is 8.16. The zero-order valence-corrected chi connectivity index (χ0v) is 14.9. The summed E-state index contributed by atoms with van der Waals surface area (Å²) in [5.41, 5.74) is 0.0802. The summed E-state index contributed by atoms with van der Waals surface area (Å²) in [4.78, 5) is 25.2. The van der Waals surface area contributed by atoms with E-state index in [4.69, 9.17) is 4.74 Å². The third kappa shape index (κ3) is 4.71. The Morgan fingerprint density at radius 1 is 1.12 bits per heavy atom. The fraction of sp³-hybridized carbons (Fsp3) is 0.278. The number of ether oxygens (including phenoxy) is 1. The van der Waals surface area contributed by atoms with Crippen molar-refractivity contribution in [2.45, 2.75) is 6.42 Å². The molecule has 2 aromatic carbocycles. The zero-order chi connectivity index (χ0) is 17.6. The van der Waals surface area contributed by atoms with E-state index in [0.717, 1.165) is 13.0 Å². The number of nitro groups is 1. The van der Waals surface area contributed by atoms with Gasteiger partial charge >= 0.3 is 0 Å². The van der Waals surface area contributed by atoms with Gasteiger partial charge in [-0.2, -0.15) is 0 Å². The van der Waals surface area contributed by atoms with Gasteiger partial charge in [-0.3, -0.25) is 14.9 Å². The Hall–Kier alpha value is -2.64. The topological polar surface area (TPSA) is 84.7 Å². The lowest BCUT2D eigenvalue weighted by Crippen LogP contribution is -2.34. The van der Waals surface area contributed by atoms with Gasteiger partial charge in [0, 0.05) is 31.8 Å². The number of hydrogen-bond acceptors (Lipinski definition) is 5. The van der Waals surface area contributed by atoms with Crippen molar-refractivity contribution < 1.29 is 14.5 Å². The van der Waals surface area contributed by atoms with Crippen LogP contribution in [0.1, 0.15) is 16.8 Å². The molecule has 1 aliphatic heterocycles. The number of nitrogens with zero attached hydrogens (tertiary/aromatic N) is 2. The first kappa shape index (κ1) is 19.7. The van der Waals surface area contributed by atoms with E-state index in [0.29, 0.717) is 31.1 Å². The van der Waals surface area contributed by atoms with Gasteiger partial charge in [0.05, 0.1) is 10.5 Å². The maximum atomic E-state index is 12.9. The SMILES string of the molecule is Cl.O=C(c1cc([N+](=O)[O-])ccc1Oc1ccccc1)N1CCCNCC1. The van der Waals surface area contributed by atoms with Gasteiger partial charge in [-0.05, 0) is 31.2 Å². The van der Waals surface area contributed by atoms with Gasteiger partial charge in [0.2, 0.25) is 0 Å². The molecule has 26 heavy (non-hydrogen) atoms. The summed E-state index contributed by atoms with van der Waals surface area (Å²) in [6, 6.07) is 13.2. The largest absolute Gasteiger partial charge is 0.457 e. The first-order valence-electron chi connectivity index (χ1n) is 8.16. The Morgan fingerprint density at radius 3 is 2.62 bits per heavy atom. The molecular formula is C18H20ClN3O4. The molecule has 0 unspecified atom stereocenters. The number of carbonyl (C=O) groups is 1. The number of hydrogen-bond donors (Lipinski definition) is 1. The van der Waals surface area contributed by atoms with Gasteiger partial charge in [0.25, 0.3) is 11.6 Å². The molecule has 0 aromatic heterocycles. The van der Waals surface area contributed by atoms with Crippen molar-refractivity contribution in [1.29, 1.82) is 0 Å². The van der Waals surface area contributed by atoms with Crippen molar-refractivity contribution in [2.75, 3.05) is 26.2 Å². The van der Waals surface area contributed by atoms with Crippen molar-refractivity contribution in [3.63, 3.8) is 0 Å². The van der Waals surface area contributed by atoms with E-state index in [2.05, 4.69) is 5.32 Å². The highest BCUT2D eigenvalue weighted by Gasteiger charge is 2.23. The van der Waals surface area contributed by atoms with Crippen molar-refractivity contribution in [2.24, 2.45) is 0 Å². The maximum absolute atomic E-state index is 12.9. The van der Waals surface area contributed by atoms with Crippen molar-refractivity contribution in [1.82, 2.24) is 10.2 Å². The van der Waals surface area contributed by atoms with E-state index in [1.54, 1.807) is 17.0 Å². The molecule has 1 heterocycles. The average molecular weight is 378 g/mol. The minimum absolute atomic E-state index is 0. The van der Waals surface area contributed by atoms with Crippen molar-refractivity contribution >= 4 is 24.0 Å². The van der Waals surface area contributed by atoms with Crippen molar-refractivity contribution in [3.8, 4) is 11.5 Å². The third-order valence-electron chi connectivity index (χ3n) is 4.00. The molecule has 1 fully saturated rings. The maximum Gasteiger partial charge on any atom is 0.270 e. The van der Waals surface area contributed by atoms with E-state index < -0.39 is 4.92 Å². The molecule has 0 radical (unpaired) electrons. The lowest BCUT2D eigenvalue weighted by molar-refractivity contribution is -0.384. The predicted octanol–water partition coefficient (Wildman–Crippen LogP) is 3.24. The third-order valence-corrected chi connectivity index (χ3v) is 4.00. The summed E-state index contributed by atoms with van der Waals surface area (Å²) in [5, 5.41) is 14.3. The highest BCUT2D eigenvalue weighted by molar-refractivity contribution is 5.97. The fourth-order valence-electron chi connectivity index (χ4n) is 2.72. The molecule has 1 amide bonds. The number of nitro benzene ring substituents is 1. The monoisotopic (exact) mass is 377 g/mol. The van der Waals surface area contributed by atoms with E-state index in [9.17, 15) is 14.9 Å². The minimum Gasteiger partial charge on any atom is -0.457 e. The lowest BCUT2D eigenvalue weighted by atomic mass is 10.1. The summed E-state index contributed by atoms with van der Waals surface area (Å²) >= 11 is 0. The molecule has 138 valence electrons. The number of rotatable bonds is 4. The minimum atomic E-state index is -0.507. The van der Waals surface area contributed by atoms with E-state index >= 15 is 0 Å². The molecule has 0 bridgehead atoms. The second-order valence-electron chi connectivity index (χ2n) is 5.75. The zero-order valence-electron chi connectivity index (χ0n) is 14.1. The molecule has 1 saturated heterocycles. The molecule has 0 aliphatic carbocycles. The van der Waals surface area contributed by atoms with Gasteiger partial charge in [0.15, 0.2) is 0 Å². The molecule has 1 aliphatic rings. The lowest BCUT2D eigenvalue weighted by Gasteiger charge is -2.21.